The molecule has 1 saturated heterocycles. The summed E-state index contributed by atoms with van der Waals surface area (Å²) in [4.78, 5) is 2.70. The van der Waals surface area contributed by atoms with Crippen LogP contribution in [0.2, 0.25) is 0 Å². The number of nitrogens with one attached hydrogen (secondary N) is 1. The maximum absolute atomic E-state index is 5.24. The Balaban J connectivity index is 1.37. The molecule has 1 aliphatic carbocycles. The van der Waals surface area contributed by atoms with Crippen LogP contribution in [0.4, 0.5) is 5.69 Å². The zero-order chi connectivity index (χ0) is 16.4. The number of rotatable bonds is 4. The number of likely N-dealkylation sites (tertiary alicyclic amines) is 1. The Kier molecular flexibility index (Phi) is 4.44. The highest BCUT2D eigenvalue weighted by atomic mass is 16.5. The van der Waals surface area contributed by atoms with Crippen molar-refractivity contribution in [3.63, 3.8) is 0 Å². The SMILES string of the molecule is COc1ccc(NC2CCCN(C3Cc4ccccc4C3)C2)cc1. The van der Waals surface area contributed by atoms with Gasteiger partial charge in [0.15, 0.2) is 0 Å². The van der Waals surface area contributed by atoms with Crippen molar-refractivity contribution in [2.45, 2.75) is 37.8 Å². The van der Waals surface area contributed by atoms with E-state index in [4.69, 9.17) is 4.74 Å². The van der Waals surface area contributed by atoms with Crippen LogP contribution in [0.1, 0.15) is 24.0 Å². The molecule has 0 spiro atoms. The number of piperidine rings is 1. The van der Waals surface area contributed by atoms with Gasteiger partial charge in [-0.3, -0.25) is 4.90 Å². The van der Waals surface area contributed by atoms with Gasteiger partial charge in [0.1, 0.15) is 5.75 Å². The van der Waals surface area contributed by atoms with Crippen LogP contribution in [-0.4, -0.2) is 37.2 Å². The number of nitrogens with zero attached hydrogens (tertiary/aromatic N) is 1. The van der Waals surface area contributed by atoms with Gasteiger partial charge in [-0.2, -0.15) is 0 Å². The first kappa shape index (κ1) is 15.5. The number of hydrogen-bond donors (Lipinski definition) is 1. The number of anilines is 1. The molecular formula is C21H26N2O. The summed E-state index contributed by atoms with van der Waals surface area (Å²) in [6.45, 7) is 2.38. The first-order valence-corrected chi connectivity index (χ1v) is 9.03. The lowest BCUT2D eigenvalue weighted by Crippen LogP contribution is -2.47. The Morgan fingerprint density at radius 2 is 1.71 bits per heavy atom. The summed E-state index contributed by atoms with van der Waals surface area (Å²) in [5, 5.41) is 3.71. The fourth-order valence-electron chi connectivity index (χ4n) is 4.17. The molecule has 1 fully saturated rings. The van der Waals surface area contributed by atoms with Crippen molar-refractivity contribution < 1.29 is 4.74 Å². The lowest BCUT2D eigenvalue weighted by Gasteiger charge is -2.37. The van der Waals surface area contributed by atoms with Gasteiger partial charge in [-0.05, 0) is 67.6 Å². The largest absolute Gasteiger partial charge is 0.497 e. The van der Waals surface area contributed by atoms with Crippen molar-refractivity contribution >= 4 is 5.69 Å². The molecule has 0 radical (unpaired) electrons. The van der Waals surface area contributed by atoms with Gasteiger partial charge in [-0.1, -0.05) is 24.3 Å². The van der Waals surface area contributed by atoms with Crippen LogP contribution in [-0.2, 0) is 12.8 Å². The van der Waals surface area contributed by atoms with Gasteiger partial charge in [0.25, 0.3) is 0 Å². The van der Waals surface area contributed by atoms with Crippen molar-refractivity contribution in [1.82, 2.24) is 4.90 Å². The Bertz CT molecular complexity index is 657. The number of benzene rings is 2. The second-order valence-electron chi connectivity index (χ2n) is 7.04. The molecule has 4 rings (SSSR count). The normalized spacial score (nSPS) is 21.5. The van der Waals surface area contributed by atoms with Crippen LogP contribution >= 0.6 is 0 Å². The summed E-state index contributed by atoms with van der Waals surface area (Å²) in [5.41, 5.74) is 4.29. The Morgan fingerprint density at radius 1 is 1.00 bits per heavy atom. The molecule has 3 heteroatoms. The molecule has 2 aromatic rings. The summed E-state index contributed by atoms with van der Waals surface area (Å²) in [5.74, 6) is 0.912. The Morgan fingerprint density at radius 3 is 2.38 bits per heavy atom. The average molecular weight is 322 g/mol. The van der Waals surface area contributed by atoms with Crippen LogP contribution in [0.3, 0.4) is 0 Å². The quantitative estimate of drug-likeness (QED) is 0.928. The maximum Gasteiger partial charge on any atom is 0.119 e. The molecule has 2 aliphatic rings. The molecule has 2 aromatic carbocycles. The van der Waals surface area contributed by atoms with Crippen molar-refractivity contribution in [3.05, 3.63) is 59.7 Å². The van der Waals surface area contributed by atoms with Gasteiger partial charge in [-0.25, -0.2) is 0 Å². The monoisotopic (exact) mass is 322 g/mol. The van der Waals surface area contributed by atoms with E-state index in [2.05, 4.69) is 46.6 Å². The summed E-state index contributed by atoms with van der Waals surface area (Å²) >= 11 is 0. The molecule has 0 aromatic heterocycles. The highest BCUT2D eigenvalue weighted by Gasteiger charge is 2.30. The topological polar surface area (TPSA) is 24.5 Å². The molecule has 126 valence electrons. The van der Waals surface area contributed by atoms with E-state index in [9.17, 15) is 0 Å². The van der Waals surface area contributed by atoms with Crippen LogP contribution < -0.4 is 10.1 Å². The summed E-state index contributed by atoms with van der Waals surface area (Å²) in [7, 11) is 1.71. The summed E-state index contributed by atoms with van der Waals surface area (Å²) in [6.07, 6.45) is 4.96. The molecule has 1 unspecified atom stereocenters. The van der Waals surface area contributed by atoms with Crippen LogP contribution in [0, 0.1) is 0 Å². The number of fused-ring (bicyclic) bond motifs is 1. The zero-order valence-electron chi connectivity index (χ0n) is 14.4. The minimum Gasteiger partial charge on any atom is -0.497 e. The average Bonchev–Trinajstić information content (AvgIpc) is 3.07. The first-order valence-electron chi connectivity index (χ1n) is 9.03. The third-order valence-electron chi connectivity index (χ3n) is 5.46. The van der Waals surface area contributed by atoms with E-state index in [1.807, 2.05) is 12.1 Å². The van der Waals surface area contributed by atoms with Crippen LogP contribution in [0.5, 0.6) is 5.75 Å². The van der Waals surface area contributed by atoms with E-state index in [1.54, 1.807) is 18.2 Å². The van der Waals surface area contributed by atoms with Crippen molar-refractivity contribution in [1.29, 1.82) is 0 Å². The van der Waals surface area contributed by atoms with E-state index in [0.717, 1.165) is 12.3 Å². The van der Waals surface area contributed by atoms with Gasteiger partial charge < -0.3 is 10.1 Å². The predicted molar refractivity (Wildman–Crippen MR) is 98.8 cm³/mol. The fraction of sp³-hybridized carbons (Fsp3) is 0.429. The molecule has 24 heavy (non-hydrogen) atoms. The van der Waals surface area contributed by atoms with Crippen molar-refractivity contribution in [2.24, 2.45) is 0 Å². The smallest absolute Gasteiger partial charge is 0.119 e. The van der Waals surface area contributed by atoms with Gasteiger partial charge in [0.05, 0.1) is 7.11 Å². The number of hydrogen-bond acceptors (Lipinski definition) is 3. The van der Waals surface area contributed by atoms with Crippen LogP contribution in [0.15, 0.2) is 48.5 Å². The molecular weight excluding hydrogens is 296 g/mol. The molecule has 0 saturated carbocycles. The summed E-state index contributed by atoms with van der Waals surface area (Å²) < 4.78 is 5.24. The fourth-order valence-corrected chi connectivity index (χ4v) is 4.17. The molecule has 0 amide bonds. The van der Waals surface area contributed by atoms with Gasteiger partial charge in [0, 0.05) is 24.3 Å². The minimum atomic E-state index is 0.538. The van der Waals surface area contributed by atoms with Crippen molar-refractivity contribution in [3.8, 4) is 5.75 Å². The zero-order valence-corrected chi connectivity index (χ0v) is 14.4. The van der Waals surface area contributed by atoms with Crippen molar-refractivity contribution in [2.75, 3.05) is 25.5 Å². The van der Waals surface area contributed by atoms with E-state index in [-0.39, 0.29) is 0 Å². The lowest BCUT2D eigenvalue weighted by atomic mass is 10.0. The highest BCUT2D eigenvalue weighted by Crippen LogP contribution is 2.28. The third-order valence-corrected chi connectivity index (χ3v) is 5.46. The Labute approximate surface area is 144 Å². The predicted octanol–water partition coefficient (Wildman–Crippen LogP) is 3.74. The summed E-state index contributed by atoms with van der Waals surface area (Å²) in [6, 6.07) is 18.4. The molecule has 1 atom stereocenters. The second kappa shape index (κ2) is 6.86. The first-order chi connectivity index (χ1) is 11.8. The molecule has 0 bridgehead atoms. The van der Waals surface area contributed by atoms with Gasteiger partial charge in [-0.15, -0.1) is 0 Å². The molecule has 3 nitrogen and oxygen atoms in total. The highest BCUT2D eigenvalue weighted by molar-refractivity contribution is 5.47. The molecule has 1 aliphatic heterocycles. The van der Waals surface area contributed by atoms with E-state index in [1.165, 1.54) is 37.9 Å². The number of ether oxygens (including phenoxy) is 1. The van der Waals surface area contributed by atoms with Gasteiger partial charge in [0.2, 0.25) is 0 Å². The standard InChI is InChI=1S/C21H26N2O/c1-24-21-10-8-18(9-11-21)22-19-7-4-12-23(15-19)20-13-16-5-2-3-6-17(16)14-20/h2-3,5-6,8-11,19-20,22H,4,7,12-15H2,1H3. The second-order valence-corrected chi connectivity index (χ2v) is 7.04. The number of methoxy groups -OCH3 is 1. The Hall–Kier alpha value is -2.00. The minimum absolute atomic E-state index is 0.538. The van der Waals surface area contributed by atoms with E-state index < -0.39 is 0 Å². The van der Waals surface area contributed by atoms with E-state index >= 15 is 0 Å². The molecule has 1 heterocycles. The van der Waals surface area contributed by atoms with Crippen LogP contribution in [0.25, 0.3) is 0 Å². The molecule has 1 N–H and O–H groups in total. The van der Waals surface area contributed by atoms with Gasteiger partial charge >= 0.3 is 0 Å². The maximum atomic E-state index is 5.24. The lowest BCUT2D eigenvalue weighted by molar-refractivity contribution is 0.159. The van der Waals surface area contributed by atoms with E-state index in [0.29, 0.717) is 12.1 Å². The third kappa shape index (κ3) is 3.27.